The van der Waals surface area contributed by atoms with Crippen LogP contribution in [0.4, 0.5) is 8.78 Å². The van der Waals surface area contributed by atoms with Crippen LogP contribution in [0.1, 0.15) is 29.4 Å². The summed E-state index contributed by atoms with van der Waals surface area (Å²) in [5.74, 6) is -0.672. The highest BCUT2D eigenvalue weighted by Gasteiger charge is 2.20. The van der Waals surface area contributed by atoms with E-state index < -0.39 is 12.4 Å². The molecule has 0 radical (unpaired) electrons. The number of halogens is 4. The van der Waals surface area contributed by atoms with E-state index in [0.717, 1.165) is 6.07 Å². The molecule has 0 saturated carbocycles. The van der Waals surface area contributed by atoms with Crippen LogP contribution in [0.25, 0.3) is 0 Å². The molecular formula is C9H7ClF2INO2. The Hall–Kier alpha value is -0.500. The second-order valence-electron chi connectivity index (χ2n) is 2.72. The van der Waals surface area contributed by atoms with Crippen LogP contribution in [0.15, 0.2) is 6.07 Å². The SMILES string of the molecule is CCOC(=O)c1nc(Cl)c(C(F)F)cc1I. The van der Waals surface area contributed by atoms with Gasteiger partial charge in [-0.2, -0.15) is 0 Å². The van der Waals surface area contributed by atoms with Gasteiger partial charge in [-0.3, -0.25) is 0 Å². The minimum absolute atomic E-state index is 0.0446. The summed E-state index contributed by atoms with van der Waals surface area (Å²) in [6.45, 7) is 1.82. The maximum absolute atomic E-state index is 12.4. The lowest BCUT2D eigenvalue weighted by Crippen LogP contribution is -2.10. The summed E-state index contributed by atoms with van der Waals surface area (Å²) in [5.41, 5.74) is -0.434. The normalized spacial score (nSPS) is 10.6. The van der Waals surface area contributed by atoms with Crippen LogP contribution >= 0.6 is 34.2 Å². The average Bonchev–Trinajstić information content (AvgIpc) is 2.20. The summed E-state index contributed by atoms with van der Waals surface area (Å²) in [6, 6.07) is 1.13. The van der Waals surface area contributed by atoms with E-state index in [9.17, 15) is 13.6 Å². The van der Waals surface area contributed by atoms with E-state index in [1.807, 2.05) is 0 Å². The second kappa shape index (κ2) is 5.72. The zero-order valence-electron chi connectivity index (χ0n) is 8.14. The fraction of sp³-hybridized carbons (Fsp3) is 0.333. The molecule has 1 aromatic heterocycles. The first-order valence-electron chi connectivity index (χ1n) is 4.28. The molecule has 16 heavy (non-hydrogen) atoms. The van der Waals surface area contributed by atoms with Gasteiger partial charge >= 0.3 is 5.97 Å². The Labute approximate surface area is 109 Å². The summed E-state index contributed by atoms with van der Waals surface area (Å²) in [6.07, 6.45) is -2.72. The molecule has 0 amide bonds. The molecule has 3 nitrogen and oxygen atoms in total. The van der Waals surface area contributed by atoms with E-state index in [0.29, 0.717) is 0 Å². The van der Waals surface area contributed by atoms with Crippen molar-refractivity contribution in [3.8, 4) is 0 Å². The van der Waals surface area contributed by atoms with Crippen molar-refractivity contribution < 1.29 is 18.3 Å². The molecule has 0 atom stereocenters. The zero-order chi connectivity index (χ0) is 12.3. The molecule has 0 aliphatic rings. The van der Waals surface area contributed by atoms with Gasteiger partial charge in [-0.15, -0.1) is 0 Å². The monoisotopic (exact) mass is 361 g/mol. The van der Waals surface area contributed by atoms with Crippen LogP contribution in [0.5, 0.6) is 0 Å². The summed E-state index contributed by atoms with van der Waals surface area (Å²) >= 11 is 7.27. The van der Waals surface area contributed by atoms with Crippen LogP contribution < -0.4 is 0 Å². The van der Waals surface area contributed by atoms with E-state index in [1.54, 1.807) is 29.5 Å². The standard InChI is InChI=1S/C9H7ClF2INO2/c1-2-16-9(15)6-5(13)3-4(8(11)12)7(10)14-6/h3,8H,2H2,1H3. The highest BCUT2D eigenvalue weighted by atomic mass is 127. The summed E-state index contributed by atoms with van der Waals surface area (Å²) in [7, 11) is 0. The quantitative estimate of drug-likeness (QED) is 0.470. The van der Waals surface area contributed by atoms with Gasteiger partial charge in [0.05, 0.1) is 12.2 Å². The average molecular weight is 362 g/mol. The number of pyridine rings is 1. The van der Waals surface area contributed by atoms with Gasteiger partial charge in [0.25, 0.3) is 6.43 Å². The third-order valence-electron chi connectivity index (χ3n) is 1.66. The first kappa shape index (κ1) is 13.6. The van der Waals surface area contributed by atoms with Gasteiger partial charge in [0.15, 0.2) is 5.69 Å². The summed E-state index contributed by atoms with van der Waals surface area (Å²) in [5, 5.41) is -0.376. The van der Waals surface area contributed by atoms with Gasteiger partial charge in [0.2, 0.25) is 0 Å². The number of carbonyl (C=O) groups excluding carboxylic acids is 1. The van der Waals surface area contributed by atoms with Gasteiger partial charge in [0.1, 0.15) is 5.15 Å². The molecule has 1 heterocycles. The molecule has 0 aromatic carbocycles. The molecule has 0 unspecified atom stereocenters. The van der Waals surface area contributed by atoms with Crippen molar-refractivity contribution in [3.05, 3.63) is 26.0 Å². The maximum atomic E-state index is 12.4. The van der Waals surface area contributed by atoms with Crippen molar-refractivity contribution in [3.63, 3.8) is 0 Å². The Kier molecular flexibility index (Phi) is 4.85. The number of carbonyl (C=O) groups is 1. The fourth-order valence-electron chi connectivity index (χ4n) is 0.976. The number of aromatic nitrogens is 1. The number of hydrogen-bond donors (Lipinski definition) is 0. The molecule has 1 rings (SSSR count). The number of rotatable bonds is 3. The van der Waals surface area contributed by atoms with Crippen molar-refractivity contribution >= 4 is 40.2 Å². The second-order valence-corrected chi connectivity index (χ2v) is 4.24. The summed E-state index contributed by atoms with van der Waals surface area (Å²) < 4.78 is 29.9. The van der Waals surface area contributed by atoms with Crippen molar-refractivity contribution in [2.24, 2.45) is 0 Å². The maximum Gasteiger partial charge on any atom is 0.358 e. The molecule has 0 saturated heterocycles. The predicted octanol–water partition coefficient (Wildman–Crippen LogP) is 3.45. The van der Waals surface area contributed by atoms with Gasteiger partial charge in [-0.25, -0.2) is 18.6 Å². The van der Waals surface area contributed by atoms with Crippen LogP contribution in [0.2, 0.25) is 5.15 Å². The Morgan fingerprint density at radius 3 is 2.81 bits per heavy atom. The molecule has 7 heteroatoms. The number of alkyl halides is 2. The van der Waals surface area contributed by atoms with Crippen molar-refractivity contribution in [2.75, 3.05) is 6.61 Å². The van der Waals surface area contributed by atoms with E-state index >= 15 is 0 Å². The smallest absolute Gasteiger partial charge is 0.358 e. The van der Waals surface area contributed by atoms with Crippen molar-refractivity contribution in [1.29, 1.82) is 0 Å². The molecule has 88 valence electrons. The van der Waals surface area contributed by atoms with Gasteiger partial charge in [-0.05, 0) is 35.6 Å². The Balaban J connectivity index is 3.15. The lowest BCUT2D eigenvalue weighted by molar-refractivity contribution is 0.0517. The molecule has 0 aliphatic heterocycles. The van der Waals surface area contributed by atoms with Crippen LogP contribution in [0, 0.1) is 3.57 Å². The minimum Gasteiger partial charge on any atom is -0.461 e. The number of hydrogen-bond acceptors (Lipinski definition) is 3. The fourth-order valence-corrected chi connectivity index (χ4v) is 1.87. The van der Waals surface area contributed by atoms with E-state index in [-0.39, 0.29) is 26.6 Å². The molecule has 0 spiro atoms. The molecule has 0 aliphatic carbocycles. The van der Waals surface area contributed by atoms with Gasteiger partial charge in [0, 0.05) is 3.57 Å². The lowest BCUT2D eigenvalue weighted by Gasteiger charge is -2.07. The van der Waals surface area contributed by atoms with Crippen LogP contribution in [0.3, 0.4) is 0 Å². The van der Waals surface area contributed by atoms with Crippen molar-refractivity contribution in [2.45, 2.75) is 13.3 Å². The van der Waals surface area contributed by atoms with E-state index in [2.05, 4.69) is 4.98 Å². The number of ether oxygens (including phenoxy) is 1. The predicted molar refractivity (Wildman–Crippen MR) is 62.9 cm³/mol. The first-order valence-corrected chi connectivity index (χ1v) is 5.74. The topological polar surface area (TPSA) is 39.2 Å². The molecule has 1 aromatic rings. The van der Waals surface area contributed by atoms with Crippen LogP contribution in [-0.2, 0) is 4.74 Å². The largest absolute Gasteiger partial charge is 0.461 e. The first-order chi connectivity index (χ1) is 7.47. The minimum atomic E-state index is -2.72. The molecular weight excluding hydrogens is 354 g/mol. The van der Waals surface area contributed by atoms with Crippen molar-refractivity contribution in [1.82, 2.24) is 4.98 Å². The zero-order valence-corrected chi connectivity index (χ0v) is 11.1. The lowest BCUT2D eigenvalue weighted by atomic mass is 10.2. The highest BCUT2D eigenvalue weighted by Crippen LogP contribution is 2.28. The molecule has 0 fully saturated rings. The Morgan fingerprint density at radius 1 is 1.69 bits per heavy atom. The number of esters is 1. The molecule has 0 bridgehead atoms. The van der Waals surface area contributed by atoms with Gasteiger partial charge in [-0.1, -0.05) is 11.6 Å². The highest BCUT2D eigenvalue weighted by molar-refractivity contribution is 14.1. The number of nitrogens with zero attached hydrogens (tertiary/aromatic N) is 1. The van der Waals surface area contributed by atoms with Gasteiger partial charge < -0.3 is 4.74 Å². The Bertz CT molecular complexity index is 415. The molecule has 0 N–H and O–H groups in total. The third-order valence-corrected chi connectivity index (χ3v) is 2.79. The van der Waals surface area contributed by atoms with Crippen LogP contribution in [-0.4, -0.2) is 17.6 Å². The van der Waals surface area contributed by atoms with E-state index in [4.69, 9.17) is 16.3 Å². The van der Waals surface area contributed by atoms with E-state index in [1.165, 1.54) is 0 Å². The Morgan fingerprint density at radius 2 is 2.31 bits per heavy atom. The third kappa shape index (κ3) is 3.00. The summed E-state index contributed by atoms with van der Waals surface area (Å²) in [4.78, 5) is 15.0.